The molecular weight excluding hydrogens is 220 g/mol. The van der Waals surface area contributed by atoms with Gasteiger partial charge in [0.15, 0.2) is 6.10 Å². The van der Waals surface area contributed by atoms with Crippen molar-refractivity contribution in [3.8, 4) is 0 Å². The summed E-state index contributed by atoms with van der Waals surface area (Å²) >= 11 is 1.40. The summed E-state index contributed by atoms with van der Waals surface area (Å²) in [6, 6.07) is 0. The Bertz CT molecular complexity index is 176. The van der Waals surface area contributed by atoms with E-state index in [9.17, 15) is 4.79 Å². The van der Waals surface area contributed by atoms with Crippen molar-refractivity contribution < 1.29 is 24.9 Å². The van der Waals surface area contributed by atoms with Crippen LogP contribution in [0.15, 0.2) is 0 Å². The first kappa shape index (κ1) is 14.7. The largest absolute Gasteiger partial charge is 0.479 e. The van der Waals surface area contributed by atoms with E-state index in [1.165, 1.54) is 11.8 Å². The summed E-state index contributed by atoms with van der Waals surface area (Å²) in [5.74, 6) is 0.0448. The number of aliphatic hydroxyl groups is 2. The molecule has 0 aromatic carbocycles. The maximum atomic E-state index is 10.7. The lowest BCUT2D eigenvalue weighted by atomic mass is 10.3. The van der Waals surface area contributed by atoms with Crippen molar-refractivity contribution in [3.05, 3.63) is 0 Å². The topological polar surface area (TPSA) is 87.0 Å². The molecule has 5 nitrogen and oxygen atoms in total. The van der Waals surface area contributed by atoms with Crippen molar-refractivity contribution in [3.63, 3.8) is 0 Å². The molecule has 15 heavy (non-hydrogen) atoms. The van der Waals surface area contributed by atoms with E-state index in [0.717, 1.165) is 0 Å². The van der Waals surface area contributed by atoms with Gasteiger partial charge in [0, 0.05) is 12.4 Å². The molecule has 0 saturated carbocycles. The van der Waals surface area contributed by atoms with Gasteiger partial charge in [0.05, 0.1) is 12.7 Å². The minimum atomic E-state index is -0.958. The first-order valence-corrected chi connectivity index (χ1v) is 5.98. The molecule has 0 heterocycles. The minimum Gasteiger partial charge on any atom is -0.479 e. The summed E-state index contributed by atoms with van der Waals surface area (Å²) in [6.07, 6.45) is -1.09. The smallest absolute Gasteiger partial charge is 0.332 e. The van der Waals surface area contributed by atoms with E-state index in [0.29, 0.717) is 24.5 Å². The van der Waals surface area contributed by atoms with E-state index in [2.05, 4.69) is 0 Å². The molecule has 2 atom stereocenters. The zero-order valence-electron chi connectivity index (χ0n) is 8.76. The van der Waals surface area contributed by atoms with Crippen LogP contribution in [0.1, 0.15) is 13.3 Å². The van der Waals surface area contributed by atoms with Crippen molar-refractivity contribution in [2.75, 3.05) is 24.7 Å². The standard InChI is InChI=1S/C9H18O5S/c1-2-14-8(9(12)13)3-4-15-6-7(11)5-10/h7-8,10-11H,2-6H2,1H3,(H,12,13). The molecular formula is C9H18O5S. The van der Waals surface area contributed by atoms with Gasteiger partial charge >= 0.3 is 5.97 Å². The van der Waals surface area contributed by atoms with Crippen molar-refractivity contribution >= 4 is 17.7 Å². The van der Waals surface area contributed by atoms with Crippen molar-refractivity contribution in [1.29, 1.82) is 0 Å². The Morgan fingerprint density at radius 2 is 2.20 bits per heavy atom. The van der Waals surface area contributed by atoms with Crippen molar-refractivity contribution in [1.82, 2.24) is 0 Å². The van der Waals surface area contributed by atoms with E-state index in [1.807, 2.05) is 0 Å². The van der Waals surface area contributed by atoms with Crippen LogP contribution in [0.2, 0.25) is 0 Å². The van der Waals surface area contributed by atoms with Crippen LogP contribution in [-0.2, 0) is 9.53 Å². The van der Waals surface area contributed by atoms with E-state index in [1.54, 1.807) is 6.92 Å². The summed E-state index contributed by atoms with van der Waals surface area (Å²) in [4.78, 5) is 10.7. The van der Waals surface area contributed by atoms with Crippen molar-refractivity contribution in [2.45, 2.75) is 25.6 Å². The van der Waals surface area contributed by atoms with Crippen LogP contribution in [0.3, 0.4) is 0 Å². The van der Waals surface area contributed by atoms with Gasteiger partial charge in [-0.3, -0.25) is 0 Å². The highest BCUT2D eigenvalue weighted by atomic mass is 32.2. The van der Waals surface area contributed by atoms with Crippen molar-refractivity contribution in [2.24, 2.45) is 0 Å². The number of carbonyl (C=O) groups is 1. The molecule has 3 N–H and O–H groups in total. The Labute approximate surface area is 93.4 Å². The van der Waals surface area contributed by atoms with E-state index < -0.39 is 18.2 Å². The number of rotatable bonds is 9. The predicted octanol–water partition coefficient (Wildman–Crippen LogP) is -0.0474. The van der Waals surface area contributed by atoms with Gasteiger partial charge in [-0.15, -0.1) is 0 Å². The second-order valence-electron chi connectivity index (χ2n) is 2.98. The molecule has 6 heteroatoms. The molecule has 0 rings (SSSR count). The normalized spacial score (nSPS) is 14.9. The number of hydrogen-bond donors (Lipinski definition) is 3. The first-order chi connectivity index (χ1) is 7.11. The third-order valence-electron chi connectivity index (χ3n) is 1.69. The molecule has 0 aliphatic rings. The first-order valence-electron chi connectivity index (χ1n) is 4.82. The molecule has 2 unspecified atom stereocenters. The molecule has 90 valence electrons. The third kappa shape index (κ3) is 7.61. The Morgan fingerprint density at radius 1 is 1.53 bits per heavy atom. The Kier molecular flexibility index (Phi) is 8.79. The number of carboxylic acids is 1. The number of aliphatic carboxylic acids is 1. The fourth-order valence-electron chi connectivity index (χ4n) is 0.942. The second kappa shape index (κ2) is 8.96. The monoisotopic (exact) mass is 238 g/mol. The summed E-state index contributed by atoms with van der Waals surface area (Å²) in [5, 5.41) is 26.3. The lowest BCUT2D eigenvalue weighted by Gasteiger charge is -2.12. The fraction of sp³-hybridized carbons (Fsp3) is 0.889. The molecule has 0 aromatic rings. The Balaban J connectivity index is 3.58. The van der Waals surface area contributed by atoms with Gasteiger partial charge in [0.25, 0.3) is 0 Å². The highest BCUT2D eigenvalue weighted by Crippen LogP contribution is 2.09. The van der Waals surface area contributed by atoms with Gasteiger partial charge in [-0.25, -0.2) is 4.79 Å². The highest BCUT2D eigenvalue weighted by molar-refractivity contribution is 7.99. The Morgan fingerprint density at radius 3 is 2.67 bits per heavy atom. The molecule has 0 aliphatic carbocycles. The highest BCUT2D eigenvalue weighted by Gasteiger charge is 2.16. The lowest BCUT2D eigenvalue weighted by molar-refractivity contribution is -0.150. The van der Waals surface area contributed by atoms with Crippen LogP contribution >= 0.6 is 11.8 Å². The summed E-state index contributed by atoms with van der Waals surface area (Å²) in [6.45, 7) is 1.86. The van der Waals surface area contributed by atoms with Crippen LogP contribution in [-0.4, -0.2) is 58.2 Å². The van der Waals surface area contributed by atoms with Crippen LogP contribution in [0, 0.1) is 0 Å². The summed E-state index contributed by atoms with van der Waals surface area (Å²) in [7, 11) is 0. The van der Waals surface area contributed by atoms with Crippen LogP contribution < -0.4 is 0 Å². The number of hydrogen-bond acceptors (Lipinski definition) is 5. The Hall–Kier alpha value is -0.300. The molecule has 0 amide bonds. The lowest BCUT2D eigenvalue weighted by Crippen LogP contribution is -2.25. The maximum absolute atomic E-state index is 10.7. The molecule has 0 bridgehead atoms. The molecule has 0 aliphatic heterocycles. The van der Waals surface area contributed by atoms with Crippen LogP contribution in [0.5, 0.6) is 0 Å². The van der Waals surface area contributed by atoms with Gasteiger partial charge in [-0.2, -0.15) is 11.8 Å². The molecule has 0 spiro atoms. The zero-order valence-corrected chi connectivity index (χ0v) is 9.57. The average molecular weight is 238 g/mol. The zero-order chi connectivity index (χ0) is 11.7. The number of thioether (sulfide) groups is 1. The average Bonchev–Trinajstić information content (AvgIpc) is 2.21. The van der Waals surface area contributed by atoms with Crippen LogP contribution in [0.4, 0.5) is 0 Å². The summed E-state index contributed by atoms with van der Waals surface area (Å²) < 4.78 is 5.01. The van der Waals surface area contributed by atoms with E-state index >= 15 is 0 Å². The minimum absolute atomic E-state index is 0.263. The molecule has 0 radical (unpaired) electrons. The SMILES string of the molecule is CCOC(CCSCC(O)CO)C(=O)O. The van der Waals surface area contributed by atoms with Gasteiger partial charge in [-0.05, 0) is 19.1 Å². The number of carboxylic acid groups (broad SMARTS) is 1. The quantitative estimate of drug-likeness (QED) is 0.488. The van der Waals surface area contributed by atoms with Gasteiger partial charge in [-0.1, -0.05) is 0 Å². The number of aliphatic hydroxyl groups excluding tert-OH is 2. The van der Waals surface area contributed by atoms with Gasteiger partial charge < -0.3 is 20.1 Å². The number of ether oxygens (including phenoxy) is 1. The third-order valence-corrected chi connectivity index (χ3v) is 2.83. The second-order valence-corrected chi connectivity index (χ2v) is 4.13. The molecule has 0 fully saturated rings. The van der Waals surface area contributed by atoms with Gasteiger partial charge in [0.1, 0.15) is 0 Å². The van der Waals surface area contributed by atoms with E-state index in [4.69, 9.17) is 20.1 Å². The molecule has 0 saturated heterocycles. The van der Waals surface area contributed by atoms with Crippen LogP contribution in [0.25, 0.3) is 0 Å². The summed E-state index contributed by atoms with van der Waals surface area (Å²) in [5.41, 5.74) is 0. The fourth-order valence-corrected chi connectivity index (χ4v) is 1.87. The maximum Gasteiger partial charge on any atom is 0.332 e. The molecule has 0 aromatic heterocycles. The van der Waals surface area contributed by atoms with E-state index in [-0.39, 0.29) is 6.61 Å². The van der Waals surface area contributed by atoms with Gasteiger partial charge in [0.2, 0.25) is 0 Å². The predicted molar refractivity (Wildman–Crippen MR) is 58.1 cm³/mol.